The summed E-state index contributed by atoms with van der Waals surface area (Å²) in [6, 6.07) is 23.3. The Morgan fingerprint density at radius 3 is 2.55 bits per heavy atom. The van der Waals surface area contributed by atoms with Crippen molar-refractivity contribution >= 4 is 11.7 Å². The summed E-state index contributed by atoms with van der Waals surface area (Å²) in [7, 11) is 0. The number of benzene rings is 2. The van der Waals surface area contributed by atoms with Crippen LogP contribution in [0.25, 0.3) is 16.9 Å². The van der Waals surface area contributed by atoms with Crippen molar-refractivity contribution in [3.8, 4) is 16.9 Å². The molecule has 31 heavy (non-hydrogen) atoms. The Kier molecular flexibility index (Phi) is 5.33. The number of carbonyl (C=O) groups excluding carboxylic acids is 1. The fourth-order valence-electron chi connectivity index (χ4n) is 3.77. The van der Waals surface area contributed by atoms with E-state index < -0.39 is 0 Å². The second-order valence-electron chi connectivity index (χ2n) is 7.63. The molecule has 0 bridgehead atoms. The number of rotatable bonds is 6. The van der Waals surface area contributed by atoms with Crippen LogP contribution in [0.1, 0.15) is 16.9 Å². The summed E-state index contributed by atoms with van der Waals surface area (Å²) in [6.45, 7) is 2.36. The first-order valence-corrected chi connectivity index (χ1v) is 10.4. The summed E-state index contributed by atoms with van der Waals surface area (Å²) in [6.07, 6.45) is 2.92. The monoisotopic (exact) mass is 413 g/mol. The van der Waals surface area contributed by atoms with Crippen LogP contribution in [0.5, 0.6) is 0 Å². The molecule has 1 unspecified atom stereocenters. The van der Waals surface area contributed by atoms with Crippen molar-refractivity contribution in [2.75, 3.05) is 18.5 Å². The van der Waals surface area contributed by atoms with E-state index in [9.17, 15) is 4.79 Å². The third kappa shape index (κ3) is 4.27. The molecular formula is C24H23N5O2. The van der Waals surface area contributed by atoms with Gasteiger partial charge in [-0.25, -0.2) is 4.68 Å². The van der Waals surface area contributed by atoms with Crippen LogP contribution >= 0.6 is 0 Å². The van der Waals surface area contributed by atoms with Crippen LogP contribution in [0.2, 0.25) is 0 Å². The van der Waals surface area contributed by atoms with Gasteiger partial charge in [0.15, 0.2) is 11.5 Å². The fourth-order valence-corrected chi connectivity index (χ4v) is 3.77. The zero-order valence-corrected chi connectivity index (χ0v) is 17.0. The summed E-state index contributed by atoms with van der Waals surface area (Å²) in [5.74, 6) is 0.694. The lowest BCUT2D eigenvalue weighted by Crippen LogP contribution is -2.15. The van der Waals surface area contributed by atoms with Gasteiger partial charge in [0, 0.05) is 36.9 Å². The van der Waals surface area contributed by atoms with Crippen LogP contribution < -0.4 is 5.32 Å². The molecule has 156 valence electrons. The van der Waals surface area contributed by atoms with Crippen molar-refractivity contribution in [1.29, 1.82) is 0 Å². The van der Waals surface area contributed by atoms with Gasteiger partial charge in [-0.15, -0.1) is 0 Å². The van der Waals surface area contributed by atoms with Crippen molar-refractivity contribution in [1.82, 2.24) is 19.6 Å². The minimum atomic E-state index is -0.290. The van der Waals surface area contributed by atoms with Gasteiger partial charge < -0.3 is 10.1 Å². The predicted octanol–water partition coefficient (Wildman–Crippen LogP) is 4.02. The third-order valence-corrected chi connectivity index (χ3v) is 5.36. The first kappa shape index (κ1) is 19.3. The van der Waals surface area contributed by atoms with E-state index >= 15 is 0 Å². The summed E-state index contributed by atoms with van der Waals surface area (Å²) >= 11 is 0. The third-order valence-electron chi connectivity index (χ3n) is 5.36. The molecule has 1 atom stereocenters. The van der Waals surface area contributed by atoms with Gasteiger partial charge >= 0.3 is 0 Å². The number of hydrogen-bond donors (Lipinski definition) is 1. The van der Waals surface area contributed by atoms with E-state index in [1.165, 1.54) is 0 Å². The lowest BCUT2D eigenvalue weighted by Gasteiger charge is -2.07. The molecule has 0 saturated carbocycles. The van der Waals surface area contributed by atoms with Gasteiger partial charge in [-0.2, -0.15) is 10.2 Å². The molecule has 1 amide bonds. The maximum Gasteiger partial charge on any atom is 0.277 e. The predicted molar refractivity (Wildman–Crippen MR) is 118 cm³/mol. The Labute approximate surface area is 180 Å². The molecule has 7 heteroatoms. The molecule has 5 rings (SSSR count). The lowest BCUT2D eigenvalue weighted by molar-refractivity contribution is 0.102. The molecular weight excluding hydrogens is 390 g/mol. The molecule has 1 saturated heterocycles. The van der Waals surface area contributed by atoms with Gasteiger partial charge in [0.25, 0.3) is 5.91 Å². The van der Waals surface area contributed by atoms with Crippen LogP contribution in [0.3, 0.4) is 0 Å². The maximum atomic E-state index is 12.9. The molecule has 7 nitrogen and oxygen atoms in total. The zero-order valence-electron chi connectivity index (χ0n) is 17.0. The molecule has 3 heterocycles. The highest BCUT2D eigenvalue weighted by Gasteiger charge is 2.19. The summed E-state index contributed by atoms with van der Waals surface area (Å²) < 4.78 is 9.07. The molecule has 2 aromatic heterocycles. The molecule has 4 aromatic rings. The van der Waals surface area contributed by atoms with E-state index in [0.717, 1.165) is 43.1 Å². The number of nitrogens with one attached hydrogen (secondary N) is 1. The number of aromatic nitrogens is 4. The van der Waals surface area contributed by atoms with Gasteiger partial charge in [-0.05, 0) is 24.6 Å². The molecule has 0 aliphatic carbocycles. The van der Waals surface area contributed by atoms with Gasteiger partial charge in [0.1, 0.15) is 0 Å². The number of para-hydroxylation sites is 1. The van der Waals surface area contributed by atoms with Crippen LogP contribution in [0.15, 0.2) is 79.0 Å². The first-order chi connectivity index (χ1) is 15.3. The van der Waals surface area contributed by atoms with Crippen LogP contribution in [0.4, 0.5) is 5.82 Å². The van der Waals surface area contributed by atoms with E-state index in [1.807, 2.05) is 77.6 Å². The minimum Gasteiger partial charge on any atom is -0.381 e. The number of anilines is 1. The Bertz CT molecular complexity index is 1100. The van der Waals surface area contributed by atoms with Crippen molar-refractivity contribution in [2.24, 2.45) is 5.92 Å². The average Bonchev–Trinajstić information content (AvgIpc) is 3.57. The Morgan fingerprint density at radius 1 is 1.03 bits per heavy atom. The van der Waals surface area contributed by atoms with Crippen molar-refractivity contribution < 1.29 is 9.53 Å². The molecule has 0 spiro atoms. The number of amides is 1. The largest absolute Gasteiger partial charge is 0.381 e. The molecule has 1 N–H and O–H groups in total. The Balaban J connectivity index is 1.39. The summed E-state index contributed by atoms with van der Waals surface area (Å²) in [5.41, 5.74) is 3.06. The highest BCUT2D eigenvalue weighted by atomic mass is 16.5. The minimum absolute atomic E-state index is 0.290. The quantitative estimate of drug-likeness (QED) is 0.518. The summed E-state index contributed by atoms with van der Waals surface area (Å²) in [5, 5.41) is 11.9. The molecule has 1 fully saturated rings. The molecule has 0 radical (unpaired) electrons. The zero-order chi connectivity index (χ0) is 21.0. The normalized spacial score (nSPS) is 15.8. The van der Waals surface area contributed by atoms with E-state index in [2.05, 4.69) is 15.5 Å². The van der Waals surface area contributed by atoms with Gasteiger partial charge in [-0.1, -0.05) is 48.5 Å². The first-order valence-electron chi connectivity index (χ1n) is 10.4. The Morgan fingerprint density at radius 2 is 1.81 bits per heavy atom. The number of nitrogens with zero attached hydrogens (tertiary/aromatic N) is 4. The van der Waals surface area contributed by atoms with Crippen molar-refractivity contribution in [2.45, 2.75) is 13.0 Å². The second-order valence-corrected chi connectivity index (χ2v) is 7.63. The van der Waals surface area contributed by atoms with Crippen LogP contribution in [-0.4, -0.2) is 38.7 Å². The number of carbonyl (C=O) groups is 1. The van der Waals surface area contributed by atoms with Gasteiger partial charge in [0.05, 0.1) is 18.0 Å². The summed E-state index contributed by atoms with van der Waals surface area (Å²) in [4.78, 5) is 12.9. The highest BCUT2D eigenvalue weighted by molar-refractivity contribution is 6.03. The molecule has 1 aliphatic heterocycles. The van der Waals surface area contributed by atoms with E-state index in [1.54, 1.807) is 10.7 Å². The standard InChI is InChI=1S/C24H23N5O2/c30-24(25-23-11-13-28(27-23)16-18-12-14-31-17-18)21-15-22(19-7-3-1-4-8-19)29(26-21)20-9-5-2-6-10-20/h1-11,13,15,18H,12,14,16-17H2,(H,25,27,30). The second kappa shape index (κ2) is 8.57. The van der Waals surface area contributed by atoms with Gasteiger partial charge in [0.2, 0.25) is 0 Å². The van der Waals surface area contributed by atoms with E-state index in [-0.39, 0.29) is 5.91 Å². The average molecular weight is 413 g/mol. The molecule has 1 aliphatic rings. The van der Waals surface area contributed by atoms with E-state index in [4.69, 9.17) is 4.74 Å². The van der Waals surface area contributed by atoms with Crippen LogP contribution in [-0.2, 0) is 11.3 Å². The maximum absolute atomic E-state index is 12.9. The topological polar surface area (TPSA) is 74.0 Å². The Hall–Kier alpha value is -3.71. The lowest BCUT2D eigenvalue weighted by atomic mass is 10.1. The molecule has 2 aromatic carbocycles. The van der Waals surface area contributed by atoms with Crippen molar-refractivity contribution in [3.63, 3.8) is 0 Å². The number of hydrogen-bond acceptors (Lipinski definition) is 4. The smallest absolute Gasteiger partial charge is 0.277 e. The van der Waals surface area contributed by atoms with E-state index in [0.29, 0.717) is 17.4 Å². The highest BCUT2D eigenvalue weighted by Crippen LogP contribution is 2.24. The number of ether oxygens (including phenoxy) is 1. The fraction of sp³-hybridized carbons (Fsp3) is 0.208. The van der Waals surface area contributed by atoms with Crippen molar-refractivity contribution in [3.05, 3.63) is 84.7 Å². The van der Waals surface area contributed by atoms with Gasteiger partial charge in [-0.3, -0.25) is 9.48 Å². The SMILES string of the molecule is O=C(Nc1ccn(CC2CCOC2)n1)c1cc(-c2ccccc2)n(-c2ccccc2)n1. The van der Waals surface area contributed by atoms with Crippen LogP contribution in [0, 0.1) is 5.92 Å².